The molecule has 0 fully saturated rings. The highest BCUT2D eigenvalue weighted by atomic mass is 19.2. The molecule has 0 aliphatic heterocycles. The van der Waals surface area contributed by atoms with E-state index in [4.69, 9.17) is 0 Å². The molecule has 6 heteroatoms. The van der Waals surface area contributed by atoms with Crippen molar-refractivity contribution >= 4 is 21.5 Å². The second-order valence-corrected chi connectivity index (χ2v) is 5.90. The summed E-state index contributed by atoms with van der Waals surface area (Å²) in [6.07, 6.45) is 0. The van der Waals surface area contributed by atoms with Crippen molar-refractivity contribution < 1.29 is 27.1 Å². The first-order valence-corrected chi connectivity index (χ1v) is 7.54. The van der Waals surface area contributed by atoms with Crippen LogP contribution in [0.1, 0.15) is 0 Å². The minimum atomic E-state index is -1.61. The van der Waals surface area contributed by atoms with Crippen molar-refractivity contribution in [3.63, 3.8) is 0 Å². The second-order valence-electron chi connectivity index (χ2n) is 5.90. The number of phenolic OH excluding ortho intramolecular Hbond substituents is 1. The van der Waals surface area contributed by atoms with Crippen molar-refractivity contribution in [3.8, 4) is 16.9 Å². The van der Waals surface area contributed by atoms with E-state index >= 15 is 0 Å². The van der Waals surface area contributed by atoms with Crippen LogP contribution in [0, 0.1) is 29.1 Å². The molecule has 0 spiro atoms. The lowest BCUT2D eigenvalue weighted by Crippen LogP contribution is -1.93. The lowest BCUT2D eigenvalue weighted by molar-refractivity contribution is 0.447. The fourth-order valence-corrected chi connectivity index (χ4v) is 3.10. The molecule has 1 N–H and O–H groups in total. The Morgan fingerprint density at radius 1 is 0.538 bits per heavy atom. The number of hydrogen-bond acceptors (Lipinski definition) is 1. The predicted molar refractivity (Wildman–Crippen MR) is 88.3 cm³/mol. The van der Waals surface area contributed by atoms with E-state index in [1.807, 2.05) is 0 Å². The molecule has 0 radical (unpaired) electrons. The van der Waals surface area contributed by atoms with Crippen molar-refractivity contribution in [2.75, 3.05) is 0 Å². The second kappa shape index (κ2) is 5.69. The summed E-state index contributed by atoms with van der Waals surface area (Å²) in [4.78, 5) is 0. The van der Waals surface area contributed by atoms with E-state index in [2.05, 4.69) is 0 Å². The van der Waals surface area contributed by atoms with Crippen LogP contribution in [-0.4, -0.2) is 5.11 Å². The average Bonchev–Trinajstić information content (AvgIpc) is 2.58. The van der Waals surface area contributed by atoms with Crippen LogP contribution in [0.15, 0.2) is 48.5 Å². The number of hydrogen-bond donors (Lipinski definition) is 1. The number of benzene rings is 4. The smallest absolute Gasteiger partial charge is 0.194 e. The Hall–Kier alpha value is -3.15. The number of aromatic hydroxyl groups is 1. The molecule has 0 aromatic heterocycles. The first kappa shape index (κ1) is 16.3. The van der Waals surface area contributed by atoms with Gasteiger partial charge in [0.05, 0.1) is 0 Å². The molecule has 4 aromatic rings. The lowest BCUT2D eigenvalue weighted by atomic mass is 9.96. The summed E-state index contributed by atoms with van der Waals surface area (Å²) in [7, 11) is 0. The summed E-state index contributed by atoms with van der Waals surface area (Å²) in [5.74, 6) is -6.28. The zero-order chi connectivity index (χ0) is 18.6. The topological polar surface area (TPSA) is 20.2 Å². The summed E-state index contributed by atoms with van der Waals surface area (Å²) >= 11 is 0. The van der Waals surface area contributed by atoms with Gasteiger partial charge in [-0.15, -0.1) is 0 Å². The van der Waals surface area contributed by atoms with E-state index in [0.29, 0.717) is 10.8 Å². The van der Waals surface area contributed by atoms with E-state index in [0.717, 1.165) is 24.3 Å². The Bertz CT molecular complexity index is 1180. The predicted octanol–water partition coefficient (Wildman–Crippen LogP) is 6.06. The molecular weight excluding hydrogens is 351 g/mol. The third-order valence-electron chi connectivity index (χ3n) is 4.24. The minimum absolute atomic E-state index is 0.0131. The lowest BCUT2D eigenvalue weighted by Gasteiger charge is -2.10. The van der Waals surface area contributed by atoms with Gasteiger partial charge in [0, 0.05) is 16.8 Å². The molecule has 0 amide bonds. The summed E-state index contributed by atoms with van der Waals surface area (Å²) < 4.78 is 69.0. The Labute approximate surface area is 143 Å². The van der Waals surface area contributed by atoms with Crippen LogP contribution in [0.2, 0.25) is 0 Å². The molecule has 0 saturated heterocycles. The van der Waals surface area contributed by atoms with Gasteiger partial charge in [-0.25, -0.2) is 22.0 Å². The largest absolute Gasteiger partial charge is 0.508 e. The fourth-order valence-electron chi connectivity index (χ4n) is 3.10. The maximum absolute atomic E-state index is 14.7. The van der Waals surface area contributed by atoms with Gasteiger partial charge in [0.2, 0.25) is 0 Å². The highest BCUT2D eigenvalue weighted by Gasteiger charge is 2.16. The van der Waals surface area contributed by atoms with Gasteiger partial charge >= 0.3 is 0 Å². The Kier molecular flexibility index (Phi) is 3.57. The number of rotatable bonds is 1. The maximum Gasteiger partial charge on any atom is 0.194 e. The van der Waals surface area contributed by atoms with Crippen LogP contribution < -0.4 is 0 Å². The molecule has 130 valence electrons. The highest BCUT2D eigenvalue weighted by molar-refractivity contribution is 6.09. The Morgan fingerprint density at radius 3 is 1.62 bits per heavy atom. The van der Waals surface area contributed by atoms with Crippen molar-refractivity contribution in [2.45, 2.75) is 0 Å². The molecule has 0 aliphatic carbocycles. The van der Waals surface area contributed by atoms with E-state index in [-0.39, 0.29) is 27.6 Å². The van der Waals surface area contributed by atoms with Gasteiger partial charge in [-0.3, -0.25) is 0 Å². The molecule has 1 nitrogen and oxygen atoms in total. The zero-order valence-electron chi connectivity index (χ0n) is 13.0. The first-order valence-electron chi connectivity index (χ1n) is 7.54. The van der Waals surface area contributed by atoms with E-state index in [1.54, 1.807) is 0 Å². The first-order chi connectivity index (χ1) is 12.3. The summed E-state index contributed by atoms with van der Waals surface area (Å²) in [5.41, 5.74) is 0.0693. The van der Waals surface area contributed by atoms with Crippen molar-refractivity contribution in [3.05, 3.63) is 77.6 Å². The minimum Gasteiger partial charge on any atom is -0.508 e. The third-order valence-corrected chi connectivity index (χ3v) is 4.24. The molecule has 4 rings (SSSR count). The van der Waals surface area contributed by atoms with Crippen LogP contribution in [0.4, 0.5) is 22.0 Å². The van der Waals surface area contributed by atoms with E-state index < -0.39 is 29.1 Å². The SMILES string of the molecule is Oc1cc(F)c2c(ccc3cc(-c4cc(F)c(F)c(F)c4)cc(F)c32)c1. The molecule has 0 bridgehead atoms. The molecule has 4 aromatic carbocycles. The highest BCUT2D eigenvalue weighted by Crippen LogP contribution is 2.35. The van der Waals surface area contributed by atoms with E-state index in [9.17, 15) is 27.1 Å². The Balaban J connectivity index is 2.03. The van der Waals surface area contributed by atoms with Crippen LogP contribution in [0.5, 0.6) is 5.75 Å². The van der Waals surface area contributed by atoms with Crippen molar-refractivity contribution in [1.82, 2.24) is 0 Å². The van der Waals surface area contributed by atoms with Crippen molar-refractivity contribution in [1.29, 1.82) is 0 Å². The zero-order valence-corrected chi connectivity index (χ0v) is 13.0. The molecule has 0 atom stereocenters. The van der Waals surface area contributed by atoms with Gasteiger partial charge in [-0.05, 0) is 52.2 Å². The van der Waals surface area contributed by atoms with Crippen molar-refractivity contribution in [2.24, 2.45) is 0 Å². The summed E-state index contributed by atoms with van der Waals surface area (Å²) in [6.45, 7) is 0. The van der Waals surface area contributed by atoms with Gasteiger partial charge < -0.3 is 5.11 Å². The molecule has 0 unspecified atom stereocenters. The monoisotopic (exact) mass is 360 g/mol. The van der Waals surface area contributed by atoms with Gasteiger partial charge in [0.25, 0.3) is 0 Å². The fraction of sp³-hybridized carbons (Fsp3) is 0. The standard InChI is InChI=1S/C20H9F5O/c21-14-5-11(12-6-16(23)20(25)17(24)7-12)3-9-1-2-10-4-13(26)8-15(22)19(10)18(9)14/h1-8,26H. The number of phenols is 1. The van der Waals surface area contributed by atoms with Crippen LogP contribution in [-0.2, 0) is 0 Å². The number of fused-ring (bicyclic) bond motifs is 3. The molecule has 0 aliphatic rings. The summed E-state index contributed by atoms with van der Waals surface area (Å²) in [6, 6.07) is 9.12. The number of halogens is 5. The molecule has 0 saturated carbocycles. The van der Waals surface area contributed by atoms with Crippen LogP contribution >= 0.6 is 0 Å². The van der Waals surface area contributed by atoms with Crippen LogP contribution in [0.25, 0.3) is 32.7 Å². The average molecular weight is 360 g/mol. The maximum atomic E-state index is 14.7. The quantitative estimate of drug-likeness (QED) is 0.248. The molecule has 0 heterocycles. The van der Waals surface area contributed by atoms with Gasteiger partial charge in [0.15, 0.2) is 17.5 Å². The van der Waals surface area contributed by atoms with Gasteiger partial charge in [-0.1, -0.05) is 12.1 Å². The Morgan fingerprint density at radius 2 is 1.00 bits per heavy atom. The normalized spacial score (nSPS) is 11.4. The third kappa shape index (κ3) is 2.45. The van der Waals surface area contributed by atoms with Crippen LogP contribution in [0.3, 0.4) is 0 Å². The van der Waals surface area contributed by atoms with Gasteiger partial charge in [0.1, 0.15) is 17.4 Å². The molecular formula is C20H9F5O. The van der Waals surface area contributed by atoms with E-state index in [1.165, 1.54) is 24.3 Å². The van der Waals surface area contributed by atoms with Gasteiger partial charge in [-0.2, -0.15) is 0 Å². The summed E-state index contributed by atoms with van der Waals surface area (Å²) in [5, 5.41) is 10.0. The molecule has 26 heavy (non-hydrogen) atoms.